The van der Waals surface area contributed by atoms with Crippen molar-refractivity contribution in [2.75, 3.05) is 26.2 Å². The molecule has 0 spiro atoms. The molecule has 0 saturated carbocycles. The molecule has 13 heavy (non-hydrogen) atoms. The second-order valence-electron chi connectivity index (χ2n) is 3.21. The Balaban J connectivity index is 3.61. The Morgan fingerprint density at radius 2 is 2.00 bits per heavy atom. The minimum atomic E-state index is 0.186. The summed E-state index contributed by atoms with van der Waals surface area (Å²) >= 11 is 0. The fraction of sp³-hybridized carbons (Fsp3) is 0.900. The van der Waals surface area contributed by atoms with Gasteiger partial charge in [0.15, 0.2) is 0 Å². The Morgan fingerprint density at radius 1 is 1.31 bits per heavy atom. The molecule has 0 aromatic rings. The van der Waals surface area contributed by atoms with Crippen molar-refractivity contribution in [3.8, 4) is 0 Å². The summed E-state index contributed by atoms with van der Waals surface area (Å²) in [5.41, 5.74) is 0. The highest BCUT2D eigenvalue weighted by Crippen LogP contribution is 1.94. The van der Waals surface area contributed by atoms with Gasteiger partial charge in [0.1, 0.15) is 0 Å². The molecule has 0 aromatic heterocycles. The van der Waals surface area contributed by atoms with E-state index in [0.717, 1.165) is 39.0 Å². The first-order valence-corrected chi connectivity index (χ1v) is 5.18. The molecular formula is C10H22N2O. The van der Waals surface area contributed by atoms with Gasteiger partial charge in [0.05, 0.1) is 0 Å². The summed E-state index contributed by atoms with van der Waals surface area (Å²) < 4.78 is 0. The third-order valence-corrected chi connectivity index (χ3v) is 2.04. The summed E-state index contributed by atoms with van der Waals surface area (Å²) in [6.45, 7) is 9.47. The van der Waals surface area contributed by atoms with E-state index in [0.29, 0.717) is 0 Å². The van der Waals surface area contributed by atoms with Crippen molar-refractivity contribution in [3.05, 3.63) is 0 Å². The number of nitrogens with one attached hydrogen (secondary N) is 1. The summed E-state index contributed by atoms with van der Waals surface area (Å²) in [6, 6.07) is 0. The maximum atomic E-state index is 11.1. The zero-order valence-corrected chi connectivity index (χ0v) is 9.10. The Hall–Kier alpha value is -0.570. The molecule has 3 heteroatoms. The number of amides is 1. The summed E-state index contributed by atoms with van der Waals surface area (Å²) in [4.78, 5) is 13.1. The smallest absolute Gasteiger partial charge is 0.219 e. The second-order valence-corrected chi connectivity index (χ2v) is 3.21. The van der Waals surface area contributed by atoms with E-state index in [1.807, 2.05) is 4.90 Å². The van der Waals surface area contributed by atoms with Crippen molar-refractivity contribution in [3.63, 3.8) is 0 Å². The third-order valence-electron chi connectivity index (χ3n) is 2.04. The van der Waals surface area contributed by atoms with E-state index >= 15 is 0 Å². The number of unbranched alkanes of at least 4 members (excludes halogenated alkanes) is 1. The van der Waals surface area contributed by atoms with Gasteiger partial charge in [0.2, 0.25) is 5.91 Å². The van der Waals surface area contributed by atoms with E-state index in [-0.39, 0.29) is 5.91 Å². The van der Waals surface area contributed by atoms with Crippen molar-refractivity contribution in [1.29, 1.82) is 0 Å². The first-order valence-electron chi connectivity index (χ1n) is 5.18. The van der Waals surface area contributed by atoms with Gasteiger partial charge in [0, 0.05) is 26.6 Å². The van der Waals surface area contributed by atoms with Crippen LogP contribution in [0, 0.1) is 0 Å². The topological polar surface area (TPSA) is 32.3 Å². The van der Waals surface area contributed by atoms with Gasteiger partial charge in [-0.05, 0) is 13.0 Å². The molecule has 0 aliphatic carbocycles. The van der Waals surface area contributed by atoms with Crippen molar-refractivity contribution in [2.24, 2.45) is 0 Å². The summed E-state index contributed by atoms with van der Waals surface area (Å²) in [5, 5.41) is 3.22. The zero-order valence-electron chi connectivity index (χ0n) is 9.10. The van der Waals surface area contributed by atoms with E-state index in [2.05, 4.69) is 19.2 Å². The van der Waals surface area contributed by atoms with E-state index < -0.39 is 0 Å². The highest BCUT2D eigenvalue weighted by atomic mass is 16.2. The van der Waals surface area contributed by atoms with Gasteiger partial charge >= 0.3 is 0 Å². The molecule has 0 saturated heterocycles. The zero-order chi connectivity index (χ0) is 10.1. The van der Waals surface area contributed by atoms with Gasteiger partial charge < -0.3 is 10.2 Å². The normalized spacial score (nSPS) is 10.1. The molecule has 0 rings (SSSR count). The number of carbonyl (C=O) groups excluding carboxylic acids is 1. The highest BCUT2D eigenvalue weighted by molar-refractivity contribution is 5.73. The van der Waals surface area contributed by atoms with Gasteiger partial charge in [-0.3, -0.25) is 4.79 Å². The van der Waals surface area contributed by atoms with E-state index in [4.69, 9.17) is 0 Å². The van der Waals surface area contributed by atoms with Crippen LogP contribution in [0.4, 0.5) is 0 Å². The van der Waals surface area contributed by atoms with Gasteiger partial charge in [0.25, 0.3) is 0 Å². The van der Waals surface area contributed by atoms with Crippen molar-refractivity contribution in [1.82, 2.24) is 10.2 Å². The lowest BCUT2D eigenvalue weighted by atomic mass is 10.3. The number of hydrogen-bond donors (Lipinski definition) is 1. The van der Waals surface area contributed by atoms with E-state index in [1.54, 1.807) is 6.92 Å². The van der Waals surface area contributed by atoms with Crippen LogP contribution < -0.4 is 5.32 Å². The van der Waals surface area contributed by atoms with Crippen LogP contribution in [-0.2, 0) is 4.79 Å². The Kier molecular flexibility index (Phi) is 7.69. The maximum Gasteiger partial charge on any atom is 0.219 e. The predicted octanol–water partition coefficient (Wildman–Crippen LogP) is 1.24. The largest absolute Gasteiger partial charge is 0.342 e. The quantitative estimate of drug-likeness (QED) is 0.607. The molecule has 0 bridgehead atoms. The lowest BCUT2D eigenvalue weighted by Gasteiger charge is -2.20. The lowest BCUT2D eigenvalue weighted by molar-refractivity contribution is -0.128. The molecule has 0 fully saturated rings. The Labute approximate surface area is 81.5 Å². The van der Waals surface area contributed by atoms with Crippen LogP contribution in [-0.4, -0.2) is 37.0 Å². The molecule has 1 amide bonds. The summed E-state index contributed by atoms with van der Waals surface area (Å²) in [6.07, 6.45) is 2.25. The van der Waals surface area contributed by atoms with Crippen LogP contribution in [0.3, 0.4) is 0 Å². The van der Waals surface area contributed by atoms with Crippen molar-refractivity contribution < 1.29 is 4.79 Å². The number of likely N-dealkylation sites (N-methyl/N-ethyl adjacent to an activating group) is 1. The SMILES string of the molecule is CCCCN(CCNCC)C(C)=O. The molecule has 3 nitrogen and oxygen atoms in total. The van der Waals surface area contributed by atoms with Crippen molar-refractivity contribution in [2.45, 2.75) is 33.6 Å². The van der Waals surface area contributed by atoms with Crippen LogP contribution in [0.15, 0.2) is 0 Å². The molecule has 0 heterocycles. The molecule has 78 valence electrons. The van der Waals surface area contributed by atoms with Crippen LogP contribution in [0.5, 0.6) is 0 Å². The molecule has 0 unspecified atom stereocenters. The van der Waals surface area contributed by atoms with Crippen LogP contribution in [0.2, 0.25) is 0 Å². The average Bonchev–Trinajstić information content (AvgIpc) is 2.10. The van der Waals surface area contributed by atoms with E-state index in [1.165, 1.54) is 0 Å². The standard InChI is InChI=1S/C10H22N2O/c1-4-6-8-12(10(3)13)9-7-11-5-2/h11H,4-9H2,1-3H3. The van der Waals surface area contributed by atoms with Gasteiger partial charge in [-0.2, -0.15) is 0 Å². The molecular weight excluding hydrogens is 164 g/mol. The van der Waals surface area contributed by atoms with Crippen LogP contribution in [0.1, 0.15) is 33.6 Å². The Bertz CT molecular complexity index is 137. The molecule has 0 aliphatic heterocycles. The number of carbonyl (C=O) groups is 1. The minimum absolute atomic E-state index is 0.186. The highest BCUT2D eigenvalue weighted by Gasteiger charge is 2.05. The van der Waals surface area contributed by atoms with Crippen molar-refractivity contribution >= 4 is 5.91 Å². The first kappa shape index (κ1) is 12.4. The molecule has 1 N–H and O–H groups in total. The van der Waals surface area contributed by atoms with Gasteiger partial charge in [-0.25, -0.2) is 0 Å². The van der Waals surface area contributed by atoms with Gasteiger partial charge in [-0.15, -0.1) is 0 Å². The minimum Gasteiger partial charge on any atom is -0.342 e. The number of rotatable bonds is 7. The molecule has 0 atom stereocenters. The lowest BCUT2D eigenvalue weighted by Crippen LogP contribution is -2.36. The van der Waals surface area contributed by atoms with Gasteiger partial charge in [-0.1, -0.05) is 20.3 Å². The fourth-order valence-electron chi connectivity index (χ4n) is 1.17. The van der Waals surface area contributed by atoms with E-state index in [9.17, 15) is 4.79 Å². The molecule has 0 radical (unpaired) electrons. The second kappa shape index (κ2) is 8.05. The number of hydrogen-bond acceptors (Lipinski definition) is 2. The average molecular weight is 186 g/mol. The molecule has 0 aromatic carbocycles. The summed E-state index contributed by atoms with van der Waals surface area (Å²) in [5.74, 6) is 0.186. The number of nitrogens with zero attached hydrogens (tertiary/aromatic N) is 1. The Morgan fingerprint density at radius 3 is 2.46 bits per heavy atom. The third kappa shape index (κ3) is 6.58. The monoisotopic (exact) mass is 186 g/mol. The fourth-order valence-corrected chi connectivity index (χ4v) is 1.17. The first-order chi connectivity index (χ1) is 6.22. The molecule has 0 aliphatic rings. The predicted molar refractivity (Wildman–Crippen MR) is 55.7 cm³/mol. The summed E-state index contributed by atoms with van der Waals surface area (Å²) in [7, 11) is 0. The van der Waals surface area contributed by atoms with Crippen LogP contribution in [0.25, 0.3) is 0 Å². The maximum absolute atomic E-state index is 11.1. The van der Waals surface area contributed by atoms with Crippen LogP contribution >= 0.6 is 0 Å².